The van der Waals surface area contributed by atoms with Crippen LogP contribution in [0.15, 0.2) is 60.7 Å². The molecule has 0 saturated carbocycles. The fraction of sp³-hybridized carbons (Fsp3) is 0.333. The van der Waals surface area contributed by atoms with Crippen LogP contribution in [-0.4, -0.2) is 50.8 Å². The second-order valence-electron chi connectivity index (χ2n) is 9.73. The predicted molar refractivity (Wildman–Crippen MR) is 152 cm³/mol. The maximum atomic E-state index is 14.1. The number of nitrogens with zero attached hydrogens (tertiary/aromatic N) is 3. The number of imide groups is 1. The number of benzene rings is 3. The maximum Gasteiger partial charge on any atom is 0.271 e. The summed E-state index contributed by atoms with van der Waals surface area (Å²) in [5.41, 5.74) is 0.968. The lowest BCUT2D eigenvalue weighted by Crippen LogP contribution is -2.37. The molecular weight excluding hydrogens is 546 g/mol. The van der Waals surface area contributed by atoms with Gasteiger partial charge in [0.2, 0.25) is 11.7 Å². The Kier molecular flexibility index (Phi) is 8.16. The largest absolute Gasteiger partial charge is 0.494 e. The molecule has 220 valence electrons. The van der Waals surface area contributed by atoms with Gasteiger partial charge in [0.25, 0.3) is 11.6 Å². The minimum Gasteiger partial charge on any atom is -0.494 e. The van der Waals surface area contributed by atoms with E-state index in [1.54, 1.807) is 42.5 Å². The number of nitro benzene ring substituents is 1. The van der Waals surface area contributed by atoms with Crippen molar-refractivity contribution in [1.29, 1.82) is 0 Å². The van der Waals surface area contributed by atoms with Gasteiger partial charge < -0.3 is 18.9 Å². The molecule has 0 aliphatic carbocycles. The SMILES string of the molecule is CCCCOc1ccc(N2C(=O)[C@@H]3[C@H](ON(c4cccc([N+](=O)[O-])c4)[C@H]3c3ccc(OC)c(OC)c3OC)C2=O)cc1. The van der Waals surface area contributed by atoms with Gasteiger partial charge in [0.1, 0.15) is 17.7 Å². The summed E-state index contributed by atoms with van der Waals surface area (Å²) in [7, 11) is 4.39. The standard InChI is InChI=1S/C30H31N3O9/c1-5-6-16-41-21-12-10-18(11-13-21)31-29(34)24-25(22-14-15-23(38-2)27(40-4)26(22)39-3)32(42-28(24)30(31)35)19-8-7-9-20(17-19)33(36)37/h7-15,17,24-25,28H,5-6,16H2,1-4H3/t24-,25-,28-/m0/s1. The molecule has 12 nitrogen and oxygen atoms in total. The second kappa shape index (κ2) is 12.0. The number of carbonyl (C=O) groups is 2. The van der Waals surface area contributed by atoms with E-state index in [4.69, 9.17) is 23.8 Å². The van der Waals surface area contributed by atoms with Crippen LogP contribution in [-0.2, 0) is 14.4 Å². The zero-order valence-electron chi connectivity index (χ0n) is 23.6. The highest BCUT2D eigenvalue weighted by molar-refractivity contribution is 6.24. The van der Waals surface area contributed by atoms with E-state index in [-0.39, 0.29) is 17.2 Å². The molecule has 5 rings (SSSR count). The molecule has 2 heterocycles. The fourth-order valence-corrected chi connectivity index (χ4v) is 5.34. The van der Waals surface area contributed by atoms with Crippen LogP contribution in [0.5, 0.6) is 23.0 Å². The van der Waals surface area contributed by atoms with Gasteiger partial charge in [0, 0.05) is 17.7 Å². The Morgan fingerprint density at radius 1 is 0.905 bits per heavy atom. The van der Waals surface area contributed by atoms with Crippen molar-refractivity contribution in [3.05, 3.63) is 76.3 Å². The third-order valence-corrected chi connectivity index (χ3v) is 7.33. The molecule has 2 fully saturated rings. The zero-order valence-corrected chi connectivity index (χ0v) is 23.6. The summed E-state index contributed by atoms with van der Waals surface area (Å²) in [4.78, 5) is 46.1. The lowest BCUT2D eigenvalue weighted by atomic mass is 9.89. The fourth-order valence-electron chi connectivity index (χ4n) is 5.34. The van der Waals surface area contributed by atoms with E-state index in [2.05, 4.69) is 6.92 Å². The third-order valence-electron chi connectivity index (χ3n) is 7.33. The summed E-state index contributed by atoms with van der Waals surface area (Å²) in [6.45, 7) is 2.64. The Balaban J connectivity index is 1.58. The lowest BCUT2D eigenvalue weighted by Gasteiger charge is -2.30. The summed E-state index contributed by atoms with van der Waals surface area (Å²) >= 11 is 0. The quantitative estimate of drug-likeness (QED) is 0.135. The third kappa shape index (κ3) is 4.94. The van der Waals surface area contributed by atoms with Crippen LogP contribution in [0, 0.1) is 16.0 Å². The number of carbonyl (C=O) groups excluding carboxylic acids is 2. The second-order valence-corrected chi connectivity index (χ2v) is 9.73. The average Bonchev–Trinajstić information content (AvgIpc) is 3.52. The average molecular weight is 578 g/mol. The van der Waals surface area contributed by atoms with E-state index in [0.717, 1.165) is 17.7 Å². The molecular formula is C30H31N3O9. The van der Waals surface area contributed by atoms with Gasteiger partial charge in [-0.15, -0.1) is 0 Å². The van der Waals surface area contributed by atoms with Crippen molar-refractivity contribution in [2.75, 3.05) is 37.9 Å². The van der Waals surface area contributed by atoms with E-state index in [0.29, 0.717) is 35.0 Å². The normalized spacial score (nSPS) is 19.6. The van der Waals surface area contributed by atoms with Gasteiger partial charge in [0.05, 0.1) is 44.2 Å². The number of amides is 2. The zero-order chi connectivity index (χ0) is 30.0. The van der Waals surface area contributed by atoms with Crippen LogP contribution < -0.4 is 28.9 Å². The summed E-state index contributed by atoms with van der Waals surface area (Å²) in [5, 5.41) is 12.9. The van der Waals surface area contributed by atoms with E-state index >= 15 is 0 Å². The van der Waals surface area contributed by atoms with Crippen molar-refractivity contribution < 1.29 is 38.3 Å². The molecule has 0 spiro atoms. The Morgan fingerprint density at radius 2 is 1.64 bits per heavy atom. The maximum absolute atomic E-state index is 14.1. The molecule has 2 aliphatic heterocycles. The molecule has 0 aromatic heterocycles. The van der Waals surface area contributed by atoms with Crippen molar-refractivity contribution in [2.45, 2.75) is 31.9 Å². The minimum atomic E-state index is -1.19. The van der Waals surface area contributed by atoms with Crippen molar-refractivity contribution in [1.82, 2.24) is 0 Å². The molecule has 2 amide bonds. The number of methoxy groups -OCH3 is 3. The van der Waals surface area contributed by atoms with Gasteiger partial charge in [-0.05, 0) is 48.9 Å². The molecule has 3 atom stereocenters. The Labute approximate surface area is 242 Å². The predicted octanol–water partition coefficient (Wildman–Crippen LogP) is 4.85. The van der Waals surface area contributed by atoms with E-state index in [1.807, 2.05) is 0 Å². The van der Waals surface area contributed by atoms with Crippen molar-refractivity contribution >= 4 is 28.9 Å². The molecule has 0 N–H and O–H groups in total. The van der Waals surface area contributed by atoms with Gasteiger partial charge in [-0.1, -0.05) is 19.4 Å². The number of ether oxygens (including phenoxy) is 4. The monoisotopic (exact) mass is 577 g/mol. The number of hydrogen-bond donors (Lipinski definition) is 0. The van der Waals surface area contributed by atoms with Gasteiger partial charge in [-0.3, -0.25) is 24.5 Å². The van der Waals surface area contributed by atoms with Crippen LogP contribution in [0.1, 0.15) is 31.4 Å². The Hall–Kier alpha value is -4.84. The van der Waals surface area contributed by atoms with Crippen LogP contribution in [0.4, 0.5) is 17.1 Å². The molecule has 0 radical (unpaired) electrons. The molecule has 3 aromatic carbocycles. The van der Waals surface area contributed by atoms with E-state index in [1.165, 1.54) is 44.6 Å². The van der Waals surface area contributed by atoms with Gasteiger partial charge >= 0.3 is 0 Å². The number of hydrogen-bond acceptors (Lipinski definition) is 10. The molecule has 2 saturated heterocycles. The Bertz CT molecular complexity index is 1490. The van der Waals surface area contributed by atoms with Crippen LogP contribution in [0.2, 0.25) is 0 Å². The first-order chi connectivity index (χ1) is 20.3. The van der Waals surface area contributed by atoms with Crippen molar-refractivity contribution in [3.63, 3.8) is 0 Å². The summed E-state index contributed by atoms with van der Waals surface area (Å²) in [6, 6.07) is 15.0. The first-order valence-corrected chi connectivity index (χ1v) is 13.4. The molecule has 0 unspecified atom stereocenters. The number of anilines is 2. The number of fused-ring (bicyclic) bond motifs is 1. The smallest absolute Gasteiger partial charge is 0.271 e. The molecule has 0 bridgehead atoms. The molecule has 3 aromatic rings. The first-order valence-electron chi connectivity index (χ1n) is 13.4. The topological polar surface area (TPSA) is 130 Å². The van der Waals surface area contributed by atoms with E-state index in [9.17, 15) is 19.7 Å². The summed E-state index contributed by atoms with van der Waals surface area (Å²) < 4.78 is 22.4. The minimum absolute atomic E-state index is 0.174. The highest BCUT2D eigenvalue weighted by atomic mass is 16.7. The number of nitro groups is 1. The summed E-state index contributed by atoms with van der Waals surface area (Å²) in [5.74, 6) is -0.466. The van der Waals surface area contributed by atoms with Crippen LogP contribution >= 0.6 is 0 Å². The highest BCUT2D eigenvalue weighted by Crippen LogP contribution is 2.53. The van der Waals surface area contributed by atoms with Crippen molar-refractivity contribution in [3.8, 4) is 23.0 Å². The van der Waals surface area contributed by atoms with Gasteiger partial charge in [0.15, 0.2) is 17.6 Å². The lowest BCUT2D eigenvalue weighted by molar-refractivity contribution is -0.384. The number of non-ortho nitro benzene ring substituents is 1. The Morgan fingerprint density at radius 3 is 2.29 bits per heavy atom. The van der Waals surface area contributed by atoms with Crippen LogP contribution in [0.3, 0.4) is 0 Å². The van der Waals surface area contributed by atoms with Gasteiger partial charge in [-0.25, -0.2) is 9.96 Å². The highest BCUT2D eigenvalue weighted by Gasteiger charge is 2.61. The number of unbranched alkanes of at least 4 members (excludes halogenated alkanes) is 1. The summed E-state index contributed by atoms with van der Waals surface area (Å²) in [6.07, 6.45) is 0.713. The number of hydroxylamine groups is 1. The molecule has 42 heavy (non-hydrogen) atoms. The van der Waals surface area contributed by atoms with E-state index < -0.39 is 34.8 Å². The van der Waals surface area contributed by atoms with Crippen LogP contribution in [0.25, 0.3) is 0 Å². The molecule has 2 aliphatic rings. The first kappa shape index (κ1) is 28.7. The molecule has 12 heteroatoms. The van der Waals surface area contributed by atoms with Crippen molar-refractivity contribution in [2.24, 2.45) is 5.92 Å². The van der Waals surface area contributed by atoms with Gasteiger partial charge in [-0.2, -0.15) is 0 Å². The number of rotatable bonds is 11.